The molecule has 4 heteroatoms. The van der Waals surface area contributed by atoms with E-state index in [0.29, 0.717) is 23.6 Å². The van der Waals surface area contributed by atoms with Crippen LogP contribution in [0.4, 0.5) is 0 Å². The fourth-order valence-corrected chi connectivity index (χ4v) is 1.85. The highest BCUT2D eigenvalue weighted by molar-refractivity contribution is 6.17. The van der Waals surface area contributed by atoms with Crippen molar-refractivity contribution in [3.8, 4) is 6.07 Å². The summed E-state index contributed by atoms with van der Waals surface area (Å²) in [6.45, 7) is 0.715. The summed E-state index contributed by atoms with van der Waals surface area (Å²) in [5.74, 6) is 0.625. The fourth-order valence-electron chi connectivity index (χ4n) is 1.66. The van der Waals surface area contributed by atoms with Gasteiger partial charge in [0.2, 0.25) is 0 Å². The number of carbonyl (C=O) groups excluding carboxylic acids is 1. The Morgan fingerprint density at radius 1 is 1.39 bits per heavy atom. The summed E-state index contributed by atoms with van der Waals surface area (Å²) in [6, 6.07) is 8.81. The van der Waals surface area contributed by atoms with Crippen molar-refractivity contribution >= 4 is 17.5 Å². The molecule has 0 radical (unpaired) electrons. The van der Waals surface area contributed by atoms with Crippen LogP contribution in [0.25, 0.3) is 0 Å². The number of nitrogens with zero attached hydrogens (tertiary/aromatic N) is 2. The highest BCUT2D eigenvalue weighted by Gasteiger charge is 2.11. The van der Waals surface area contributed by atoms with E-state index in [-0.39, 0.29) is 5.91 Å². The molecule has 0 fully saturated rings. The quantitative estimate of drug-likeness (QED) is 0.586. The zero-order valence-corrected chi connectivity index (χ0v) is 11.3. The van der Waals surface area contributed by atoms with E-state index in [0.717, 1.165) is 19.3 Å². The topological polar surface area (TPSA) is 44.1 Å². The first-order valence-corrected chi connectivity index (χ1v) is 6.54. The Morgan fingerprint density at radius 3 is 2.83 bits per heavy atom. The van der Waals surface area contributed by atoms with Crippen molar-refractivity contribution in [3.63, 3.8) is 0 Å². The number of nitriles is 1. The Bertz CT molecular complexity index is 440. The lowest BCUT2D eigenvalue weighted by molar-refractivity contribution is 0.0792. The Kier molecular flexibility index (Phi) is 6.24. The number of benzene rings is 1. The number of unbranched alkanes of at least 4 members (excludes halogenated alkanes) is 2. The van der Waals surface area contributed by atoms with Gasteiger partial charge in [-0.05, 0) is 31.0 Å². The van der Waals surface area contributed by atoms with Crippen molar-refractivity contribution in [1.82, 2.24) is 4.90 Å². The maximum absolute atomic E-state index is 12.1. The van der Waals surface area contributed by atoms with E-state index in [2.05, 4.69) is 0 Å². The molecule has 0 aliphatic rings. The van der Waals surface area contributed by atoms with Gasteiger partial charge in [0.1, 0.15) is 0 Å². The van der Waals surface area contributed by atoms with E-state index in [1.54, 1.807) is 36.2 Å². The van der Waals surface area contributed by atoms with Crippen LogP contribution in [0.15, 0.2) is 24.3 Å². The second-order valence-corrected chi connectivity index (χ2v) is 4.55. The summed E-state index contributed by atoms with van der Waals surface area (Å²) >= 11 is 5.60. The van der Waals surface area contributed by atoms with Crippen molar-refractivity contribution in [2.24, 2.45) is 0 Å². The number of hydrogen-bond donors (Lipinski definition) is 0. The molecule has 0 N–H and O–H groups in total. The summed E-state index contributed by atoms with van der Waals surface area (Å²) in [4.78, 5) is 13.8. The minimum Gasteiger partial charge on any atom is -0.342 e. The smallest absolute Gasteiger partial charge is 0.253 e. The third-order valence-corrected chi connectivity index (χ3v) is 2.98. The Balaban J connectivity index is 2.55. The van der Waals surface area contributed by atoms with Crippen LogP contribution in [0, 0.1) is 11.3 Å². The predicted octanol–water partition coefficient (Wildman–Crippen LogP) is 3.04. The lowest BCUT2D eigenvalue weighted by atomic mass is 10.1. The van der Waals surface area contributed by atoms with Crippen LogP contribution < -0.4 is 0 Å². The van der Waals surface area contributed by atoms with Crippen molar-refractivity contribution in [2.45, 2.75) is 19.3 Å². The lowest BCUT2D eigenvalue weighted by Crippen LogP contribution is -2.27. The van der Waals surface area contributed by atoms with Crippen LogP contribution >= 0.6 is 11.6 Å². The number of halogens is 1. The van der Waals surface area contributed by atoms with Crippen molar-refractivity contribution in [1.29, 1.82) is 5.26 Å². The zero-order valence-electron chi connectivity index (χ0n) is 10.5. The standard InChI is InChI=1S/C14H17ClN2O/c1-17(9-4-2-3-8-15)14(18)13-7-5-6-12(10-13)11-16/h5-7,10H,2-4,8-9H2,1H3. The Hall–Kier alpha value is -1.53. The minimum absolute atomic E-state index is 0.0435. The first kappa shape index (κ1) is 14.5. The number of carbonyl (C=O) groups is 1. The molecule has 0 bridgehead atoms. The molecule has 0 saturated carbocycles. The molecule has 0 aliphatic carbocycles. The molecule has 1 aromatic rings. The average Bonchev–Trinajstić information content (AvgIpc) is 2.42. The molecule has 1 aromatic carbocycles. The molecule has 0 aromatic heterocycles. The molecule has 96 valence electrons. The molecule has 3 nitrogen and oxygen atoms in total. The normalized spacial score (nSPS) is 9.83. The zero-order chi connectivity index (χ0) is 13.4. The van der Waals surface area contributed by atoms with Gasteiger partial charge >= 0.3 is 0 Å². The van der Waals surface area contributed by atoms with Gasteiger partial charge in [-0.2, -0.15) is 5.26 Å². The van der Waals surface area contributed by atoms with Crippen molar-refractivity contribution < 1.29 is 4.79 Å². The van der Waals surface area contributed by atoms with E-state index in [4.69, 9.17) is 16.9 Å². The highest BCUT2D eigenvalue weighted by Crippen LogP contribution is 2.08. The average molecular weight is 265 g/mol. The molecule has 0 saturated heterocycles. The van der Waals surface area contributed by atoms with E-state index < -0.39 is 0 Å². The number of hydrogen-bond acceptors (Lipinski definition) is 2. The van der Waals surface area contributed by atoms with Crippen molar-refractivity contribution in [2.75, 3.05) is 19.5 Å². The number of rotatable bonds is 6. The van der Waals surface area contributed by atoms with E-state index in [1.165, 1.54) is 0 Å². The Morgan fingerprint density at radius 2 is 2.17 bits per heavy atom. The summed E-state index contributed by atoms with van der Waals surface area (Å²) in [5, 5.41) is 8.80. The molecule has 0 aliphatic heterocycles. The molecular formula is C14H17ClN2O. The highest BCUT2D eigenvalue weighted by atomic mass is 35.5. The summed E-state index contributed by atoms with van der Waals surface area (Å²) in [7, 11) is 1.78. The van der Waals surface area contributed by atoms with Crippen molar-refractivity contribution in [3.05, 3.63) is 35.4 Å². The van der Waals surface area contributed by atoms with Gasteiger partial charge in [0.05, 0.1) is 11.6 Å². The largest absolute Gasteiger partial charge is 0.342 e. The maximum Gasteiger partial charge on any atom is 0.253 e. The van der Waals surface area contributed by atoms with Crippen LogP contribution in [-0.2, 0) is 0 Å². The molecular weight excluding hydrogens is 248 g/mol. The first-order chi connectivity index (χ1) is 8.69. The summed E-state index contributed by atoms with van der Waals surface area (Å²) in [6.07, 6.45) is 2.96. The Labute approximate surface area is 113 Å². The summed E-state index contributed by atoms with van der Waals surface area (Å²) < 4.78 is 0. The second kappa shape index (κ2) is 7.73. The molecule has 0 heterocycles. The van der Waals surface area contributed by atoms with Crippen LogP contribution in [-0.4, -0.2) is 30.3 Å². The molecule has 18 heavy (non-hydrogen) atoms. The monoisotopic (exact) mass is 264 g/mol. The van der Waals surface area contributed by atoms with Crippen LogP contribution in [0.5, 0.6) is 0 Å². The number of amides is 1. The molecule has 0 spiro atoms. The molecule has 1 rings (SSSR count). The molecule has 1 amide bonds. The predicted molar refractivity (Wildman–Crippen MR) is 72.7 cm³/mol. The second-order valence-electron chi connectivity index (χ2n) is 4.17. The van der Waals surface area contributed by atoms with Gasteiger partial charge in [-0.1, -0.05) is 12.5 Å². The van der Waals surface area contributed by atoms with Gasteiger partial charge in [0.25, 0.3) is 5.91 Å². The van der Waals surface area contributed by atoms with Gasteiger partial charge in [-0.3, -0.25) is 4.79 Å². The van der Waals surface area contributed by atoms with Gasteiger partial charge in [0, 0.05) is 25.0 Å². The van der Waals surface area contributed by atoms with Crippen LogP contribution in [0.2, 0.25) is 0 Å². The third kappa shape index (κ3) is 4.38. The minimum atomic E-state index is -0.0435. The summed E-state index contributed by atoms with van der Waals surface area (Å²) in [5.41, 5.74) is 1.07. The lowest BCUT2D eigenvalue weighted by Gasteiger charge is -2.17. The van der Waals surface area contributed by atoms with E-state index in [1.807, 2.05) is 6.07 Å². The van der Waals surface area contributed by atoms with Gasteiger partial charge in [-0.15, -0.1) is 11.6 Å². The van der Waals surface area contributed by atoms with Crippen LogP contribution in [0.1, 0.15) is 35.2 Å². The van der Waals surface area contributed by atoms with Crippen LogP contribution in [0.3, 0.4) is 0 Å². The maximum atomic E-state index is 12.1. The number of alkyl halides is 1. The van der Waals surface area contributed by atoms with E-state index in [9.17, 15) is 4.79 Å². The van der Waals surface area contributed by atoms with Gasteiger partial charge in [-0.25, -0.2) is 0 Å². The van der Waals surface area contributed by atoms with Gasteiger partial charge in [0.15, 0.2) is 0 Å². The first-order valence-electron chi connectivity index (χ1n) is 6.00. The molecule has 0 unspecified atom stereocenters. The molecule has 0 atom stereocenters. The third-order valence-electron chi connectivity index (χ3n) is 2.71. The fraction of sp³-hybridized carbons (Fsp3) is 0.429. The SMILES string of the molecule is CN(CCCCCCl)C(=O)c1cccc(C#N)c1. The van der Waals surface area contributed by atoms with Gasteiger partial charge < -0.3 is 4.90 Å². The van der Waals surface area contributed by atoms with E-state index >= 15 is 0 Å².